The summed E-state index contributed by atoms with van der Waals surface area (Å²) in [6.45, 7) is 6.14. The summed E-state index contributed by atoms with van der Waals surface area (Å²) in [7, 11) is 0. The Labute approximate surface area is 139 Å². The fourth-order valence-corrected chi connectivity index (χ4v) is 2.63. The quantitative estimate of drug-likeness (QED) is 0.712. The summed E-state index contributed by atoms with van der Waals surface area (Å²) >= 11 is 9.60. The van der Waals surface area contributed by atoms with Crippen LogP contribution in [0.4, 0.5) is 0 Å². The molecule has 0 radical (unpaired) electrons. The molecule has 0 saturated carbocycles. The second-order valence-electron chi connectivity index (χ2n) is 5.31. The molecule has 1 N–H and O–H groups in total. The number of ether oxygens (including phenoxy) is 1. The van der Waals surface area contributed by atoms with Gasteiger partial charge in [-0.05, 0) is 36.7 Å². The van der Waals surface area contributed by atoms with Crippen molar-refractivity contribution >= 4 is 27.5 Å². The highest BCUT2D eigenvalue weighted by Gasteiger charge is 2.08. The summed E-state index contributed by atoms with van der Waals surface area (Å²) in [4.78, 5) is 0. The van der Waals surface area contributed by atoms with E-state index in [2.05, 4.69) is 41.2 Å². The van der Waals surface area contributed by atoms with E-state index in [1.54, 1.807) is 0 Å². The third-order valence-electron chi connectivity index (χ3n) is 2.95. The molecule has 2 rings (SSSR count). The SMILES string of the molecule is CC(C)CNCc1ccccc1Oc1ccc(Br)cc1Cl. The highest BCUT2D eigenvalue weighted by Crippen LogP contribution is 2.33. The van der Waals surface area contributed by atoms with Gasteiger partial charge in [0.25, 0.3) is 0 Å². The van der Waals surface area contributed by atoms with E-state index >= 15 is 0 Å². The Bertz CT molecular complexity index is 601. The summed E-state index contributed by atoms with van der Waals surface area (Å²) in [6, 6.07) is 13.6. The van der Waals surface area contributed by atoms with Crippen LogP contribution in [0.15, 0.2) is 46.9 Å². The molecule has 0 saturated heterocycles. The minimum absolute atomic E-state index is 0.592. The van der Waals surface area contributed by atoms with Crippen LogP contribution in [-0.2, 0) is 6.54 Å². The molecule has 0 amide bonds. The zero-order valence-electron chi connectivity index (χ0n) is 12.2. The second-order valence-corrected chi connectivity index (χ2v) is 6.63. The van der Waals surface area contributed by atoms with Crippen LogP contribution in [0.1, 0.15) is 19.4 Å². The lowest BCUT2D eigenvalue weighted by molar-refractivity contribution is 0.469. The second kappa shape index (κ2) is 7.83. The number of halogens is 2. The number of rotatable bonds is 6. The van der Waals surface area contributed by atoms with Crippen LogP contribution in [0.25, 0.3) is 0 Å². The number of para-hydroxylation sites is 1. The Kier molecular flexibility index (Phi) is 6.09. The van der Waals surface area contributed by atoms with Crippen molar-refractivity contribution in [3.8, 4) is 11.5 Å². The van der Waals surface area contributed by atoms with Crippen molar-refractivity contribution in [3.63, 3.8) is 0 Å². The molecule has 21 heavy (non-hydrogen) atoms. The van der Waals surface area contributed by atoms with Crippen LogP contribution in [0.3, 0.4) is 0 Å². The molecule has 2 nitrogen and oxygen atoms in total. The monoisotopic (exact) mass is 367 g/mol. The molecule has 0 spiro atoms. The molecule has 0 heterocycles. The van der Waals surface area contributed by atoms with E-state index in [9.17, 15) is 0 Å². The molecule has 2 aromatic carbocycles. The van der Waals surface area contributed by atoms with Gasteiger partial charge in [0.2, 0.25) is 0 Å². The van der Waals surface area contributed by atoms with Crippen molar-refractivity contribution in [2.45, 2.75) is 20.4 Å². The number of hydrogen-bond acceptors (Lipinski definition) is 2. The van der Waals surface area contributed by atoms with Crippen LogP contribution < -0.4 is 10.1 Å². The van der Waals surface area contributed by atoms with E-state index in [1.807, 2.05) is 36.4 Å². The normalized spacial score (nSPS) is 10.9. The zero-order valence-corrected chi connectivity index (χ0v) is 14.5. The predicted octanol–water partition coefficient (Wildman–Crippen LogP) is 5.64. The van der Waals surface area contributed by atoms with E-state index in [0.29, 0.717) is 16.7 Å². The Morgan fingerprint density at radius 2 is 1.90 bits per heavy atom. The summed E-state index contributed by atoms with van der Waals surface area (Å²) in [5.41, 5.74) is 1.12. The van der Waals surface area contributed by atoms with Crippen LogP contribution in [0.2, 0.25) is 5.02 Å². The molecule has 0 atom stereocenters. The van der Waals surface area contributed by atoms with Crippen molar-refractivity contribution in [2.24, 2.45) is 5.92 Å². The summed E-state index contributed by atoms with van der Waals surface area (Å²) in [5, 5.41) is 4.02. The topological polar surface area (TPSA) is 21.3 Å². The first kappa shape index (κ1) is 16.3. The first-order valence-corrected chi connectivity index (χ1v) is 8.15. The van der Waals surface area contributed by atoms with Gasteiger partial charge in [-0.3, -0.25) is 0 Å². The van der Waals surface area contributed by atoms with E-state index in [0.717, 1.165) is 28.9 Å². The summed E-state index contributed by atoms with van der Waals surface area (Å²) in [5.74, 6) is 2.12. The highest BCUT2D eigenvalue weighted by atomic mass is 79.9. The molecular formula is C17H19BrClNO. The lowest BCUT2D eigenvalue weighted by Gasteiger charge is -2.13. The van der Waals surface area contributed by atoms with Gasteiger partial charge >= 0.3 is 0 Å². The molecule has 0 fully saturated rings. The minimum atomic E-state index is 0.592. The van der Waals surface area contributed by atoms with Crippen molar-refractivity contribution in [1.82, 2.24) is 5.32 Å². The van der Waals surface area contributed by atoms with E-state index in [-0.39, 0.29) is 0 Å². The molecule has 2 aromatic rings. The van der Waals surface area contributed by atoms with Crippen molar-refractivity contribution in [1.29, 1.82) is 0 Å². The Balaban J connectivity index is 2.12. The maximum Gasteiger partial charge on any atom is 0.146 e. The maximum absolute atomic E-state index is 6.21. The van der Waals surface area contributed by atoms with Gasteiger partial charge in [0.15, 0.2) is 0 Å². The van der Waals surface area contributed by atoms with Gasteiger partial charge in [0.05, 0.1) is 5.02 Å². The molecule has 0 aliphatic carbocycles. The zero-order chi connectivity index (χ0) is 15.2. The lowest BCUT2D eigenvalue weighted by atomic mass is 10.2. The fraction of sp³-hybridized carbons (Fsp3) is 0.294. The molecule has 0 aromatic heterocycles. The Morgan fingerprint density at radius 3 is 2.62 bits per heavy atom. The van der Waals surface area contributed by atoms with E-state index in [4.69, 9.17) is 16.3 Å². The van der Waals surface area contributed by atoms with Crippen molar-refractivity contribution in [2.75, 3.05) is 6.54 Å². The first-order valence-electron chi connectivity index (χ1n) is 6.98. The van der Waals surface area contributed by atoms with Crippen LogP contribution in [0, 0.1) is 5.92 Å². The first-order chi connectivity index (χ1) is 10.1. The van der Waals surface area contributed by atoms with Gasteiger partial charge in [0.1, 0.15) is 11.5 Å². The molecule has 0 aliphatic rings. The Morgan fingerprint density at radius 1 is 1.14 bits per heavy atom. The van der Waals surface area contributed by atoms with Crippen LogP contribution in [0.5, 0.6) is 11.5 Å². The maximum atomic E-state index is 6.21. The number of hydrogen-bond donors (Lipinski definition) is 1. The van der Waals surface area contributed by atoms with Crippen LogP contribution >= 0.6 is 27.5 Å². The molecule has 0 unspecified atom stereocenters. The van der Waals surface area contributed by atoms with E-state index < -0.39 is 0 Å². The van der Waals surface area contributed by atoms with Gasteiger partial charge < -0.3 is 10.1 Å². The van der Waals surface area contributed by atoms with E-state index in [1.165, 1.54) is 0 Å². The highest BCUT2D eigenvalue weighted by molar-refractivity contribution is 9.10. The van der Waals surface area contributed by atoms with Crippen molar-refractivity contribution in [3.05, 3.63) is 57.5 Å². The average molecular weight is 369 g/mol. The molecule has 112 valence electrons. The number of benzene rings is 2. The summed E-state index contributed by atoms with van der Waals surface area (Å²) < 4.78 is 6.90. The van der Waals surface area contributed by atoms with Gasteiger partial charge in [0, 0.05) is 16.6 Å². The minimum Gasteiger partial charge on any atom is -0.455 e. The Hall–Kier alpha value is -1.03. The molecule has 4 heteroatoms. The molecular weight excluding hydrogens is 350 g/mol. The van der Waals surface area contributed by atoms with Gasteiger partial charge in [-0.2, -0.15) is 0 Å². The third-order valence-corrected chi connectivity index (χ3v) is 3.74. The largest absolute Gasteiger partial charge is 0.455 e. The summed E-state index contributed by atoms with van der Waals surface area (Å²) in [6.07, 6.45) is 0. The van der Waals surface area contributed by atoms with Gasteiger partial charge in [-0.1, -0.05) is 59.6 Å². The predicted molar refractivity (Wildman–Crippen MR) is 92.2 cm³/mol. The smallest absolute Gasteiger partial charge is 0.146 e. The standard InChI is InChI=1S/C17H19BrClNO/c1-12(2)10-20-11-13-5-3-4-6-16(13)21-17-8-7-14(18)9-15(17)19/h3-9,12,20H,10-11H2,1-2H3. The van der Waals surface area contributed by atoms with Gasteiger partial charge in [-0.15, -0.1) is 0 Å². The fourth-order valence-electron chi connectivity index (χ4n) is 1.92. The number of nitrogens with one attached hydrogen (secondary N) is 1. The molecule has 0 bridgehead atoms. The van der Waals surface area contributed by atoms with Gasteiger partial charge in [-0.25, -0.2) is 0 Å². The lowest BCUT2D eigenvalue weighted by Crippen LogP contribution is -2.19. The average Bonchev–Trinajstić information content (AvgIpc) is 2.43. The van der Waals surface area contributed by atoms with Crippen molar-refractivity contribution < 1.29 is 4.74 Å². The van der Waals surface area contributed by atoms with Crippen LogP contribution in [-0.4, -0.2) is 6.54 Å². The third kappa shape index (κ3) is 5.03. The molecule has 0 aliphatic heterocycles.